The maximum absolute atomic E-state index is 11.0. The van der Waals surface area contributed by atoms with Crippen molar-refractivity contribution in [2.75, 3.05) is 6.66 Å². The number of hydrogen-bond donors (Lipinski definition) is 1. The van der Waals surface area contributed by atoms with E-state index in [1.165, 1.54) is 6.66 Å². The lowest BCUT2D eigenvalue weighted by Crippen LogP contribution is -2.26. The molecule has 18 heavy (non-hydrogen) atoms. The molecule has 0 fully saturated rings. The van der Waals surface area contributed by atoms with E-state index in [0.29, 0.717) is 11.7 Å². The fourth-order valence-corrected chi connectivity index (χ4v) is 2.52. The molecule has 0 saturated heterocycles. The lowest BCUT2D eigenvalue weighted by Gasteiger charge is -2.32. The molecule has 0 aliphatic heterocycles. The number of phenolic OH excluding ortho intramolecular Hbond substituents is 1. The van der Waals surface area contributed by atoms with E-state index in [9.17, 15) is 9.67 Å². The lowest BCUT2D eigenvalue weighted by molar-refractivity contribution is 0.321. The highest BCUT2D eigenvalue weighted by molar-refractivity contribution is 7.38. The normalized spacial score (nSPS) is 15.2. The van der Waals surface area contributed by atoms with Gasteiger partial charge in [-0.25, -0.2) is 0 Å². The summed E-state index contributed by atoms with van der Waals surface area (Å²) in [6, 6.07) is 5.18. The molecule has 1 aromatic rings. The van der Waals surface area contributed by atoms with Gasteiger partial charge in [0.05, 0.1) is 0 Å². The number of hydrogen-bond acceptors (Lipinski definition) is 3. The SMILES string of the molecule is CCC(C)C(C)(C)c1ccc(O[PH](C)=O)cc1O. The molecule has 2 atom stereocenters. The fourth-order valence-electron chi connectivity index (χ4n) is 2.06. The third kappa shape index (κ3) is 3.29. The Hall–Kier alpha value is -0.950. The summed E-state index contributed by atoms with van der Waals surface area (Å²) >= 11 is 0. The van der Waals surface area contributed by atoms with Crippen LogP contribution in [-0.4, -0.2) is 11.8 Å². The molecule has 0 aliphatic rings. The predicted molar refractivity (Wildman–Crippen MR) is 76.1 cm³/mol. The van der Waals surface area contributed by atoms with E-state index >= 15 is 0 Å². The molecule has 0 amide bonds. The summed E-state index contributed by atoms with van der Waals surface area (Å²) < 4.78 is 16.2. The third-order valence-electron chi connectivity index (χ3n) is 3.77. The Morgan fingerprint density at radius 1 is 1.44 bits per heavy atom. The monoisotopic (exact) mass is 270 g/mol. The Morgan fingerprint density at radius 2 is 2.06 bits per heavy atom. The number of rotatable bonds is 5. The van der Waals surface area contributed by atoms with Crippen molar-refractivity contribution >= 4 is 8.03 Å². The van der Waals surface area contributed by atoms with Crippen molar-refractivity contribution in [3.05, 3.63) is 23.8 Å². The molecule has 0 bridgehead atoms. The van der Waals surface area contributed by atoms with Crippen LogP contribution in [-0.2, 0) is 9.98 Å². The van der Waals surface area contributed by atoms with Gasteiger partial charge in [0, 0.05) is 18.3 Å². The summed E-state index contributed by atoms with van der Waals surface area (Å²) in [6.07, 6.45) is 1.05. The van der Waals surface area contributed by atoms with Crippen molar-refractivity contribution in [2.24, 2.45) is 5.92 Å². The molecule has 0 spiro atoms. The van der Waals surface area contributed by atoms with E-state index in [2.05, 4.69) is 27.7 Å². The van der Waals surface area contributed by atoms with Gasteiger partial charge in [-0.15, -0.1) is 0 Å². The van der Waals surface area contributed by atoms with Crippen LogP contribution in [0.3, 0.4) is 0 Å². The first-order valence-corrected chi connectivity index (χ1v) is 8.12. The number of benzene rings is 1. The van der Waals surface area contributed by atoms with Crippen LogP contribution in [0.2, 0.25) is 0 Å². The van der Waals surface area contributed by atoms with Crippen LogP contribution >= 0.6 is 8.03 Å². The van der Waals surface area contributed by atoms with Crippen LogP contribution < -0.4 is 4.52 Å². The third-order valence-corrected chi connectivity index (χ3v) is 4.29. The topological polar surface area (TPSA) is 46.5 Å². The quantitative estimate of drug-likeness (QED) is 0.816. The molecule has 0 radical (unpaired) electrons. The maximum atomic E-state index is 11.0. The Labute approximate surface area is 110 Å². The van der Waals surface area contributed by atoms with Crippen molar-refractivity contribution in [3.8, 4) is 11.5 Å². The van der Waals surface area contributed by atoms with Crippen molar-refractivity contribution in [2.45, 2.75) is 39.5 Å². The van der Waals surface area contributed by atoms with Gasteiger partial charge < -0.3 is 9.63 Å². The Bertz CT molecular complexity index is 441. The second-order valence-electron chi connectivity index (χ2n) is 5.30. The minimum atomic E-state index is -2.03. The minimum Gasteiger partial charge on any atom is -0.508 e. The van der Waals surface area contributed by atoms with Crippen molar-refractivity contribution in [1.29, 1.82) is 0 Å². The van der Waals surface area contributed by atoms with Gasteiger partial charge in [-0.1, -0.05) is 40.2 Å². The Kier molecular flexibility index (Phi) is 4.86. The molecule has 0 saturated carbocycles. The van der Waals surface area contributed by atoms with Gasteiger partial charge in [0.25, 0.3) is 0 Å². The largest absolute Gasteiger partial charge is 0.508 e. The van der Waals surface area contributed by atoms with Gasteiger partial charge >= 0.3 is 0 Å². The maximum Gasteiger partial charge on any atom is 0.233 e. The highest BCUT2D eigenvalue weighted by Crippen LogP contribution is 2.40. The van der Waals surface area contributed by atoms with Gasteiger partial charge in [0.15, 0.2) is 0 Å². The predicted octanol–water partition coefficient (Wildman–Crippen LogP) is 4.20. The average molecular weight is 270 g/mol. The summed E-state index contributed by atoms with van der Waals surface area (Å²) in [5, 5.41) is 10.1. The van der Waals surface area contributed by atoms with Gasteiger partial charge in [-0.05, 0) is 17.4 Å². The van der Waals surface area contributed by atoms with E-state index < -0.39 is 8.03 Å². The van der Waals surface area contributed by atoms with Crippen molar-refractivity contribution in [1.82, 2.24) is 0 Å². The van der Waals surface area contributed by atoms with Crippen LogP contribution in [0.5, 0.6) is 11.5 Å². The molecule has 0 heterocycles. The molecular formula is C14H23O3P. The van der Waals surface area contributed by atoms with E-state index in [1.807, 2.05) is 6.07 Å². The van der Waals surface area contributed by atoms with Crippen molar-refractivity contribution in [3.63, 3.8) is 0 Å². The van der Waals surface area contributed by atoms with Gasteiger partial charge in [0.2, 0.25) is 8.03 Å². The molecule has 3 nitrogen and oxygen atoms in total. The van der Waals surface area contributed by atoms with E-state index in [0.717, 1.165) is 12.0 Å². The molecule has 0 aromatic heterocycles. The number of aromatic hydroxyl groups is 1. The highest BCUT2D eigenvalue weighted by Gasteiger charge is 2.29. The first kappa shape index (κ1) is 15.1. The number of phenols is 1. The van der Waals surface area contributed by atoms with Crippen LogP contribution in [0, 0.1) is 5.92 Å². The highest BCUT2D eigenvalue weighted by atomic mass is 31.1. The van der Waals surface area contributed by atoms with Crippen molar-refractivity contribution < 1.29 is 14.2 Å². The first-order chi connectivity index (χ1) is 8.28. The van der Waals surface area contributed by atoms with Gasteiger partial charge in [-0.3, -0.25) is 4.57 Å². The molecule has 1 rings (SSSR count). The first-order valence-electron chi connectivity index (χ1n) is 6.31. The standard InChI is InChI=1S/C14H23O3P/c1-6-10(2)14(3,4)12-8-7-11(9-13(12)15)17-18(5)16/h7-10,15,18H,6H2,1-5H3. The van der Waals surface area contributed by atoms with Crippen LogP contribution in [0.1, 0.15) is 39.7 Å². The van der Waals surface area contributed by atoms with Gasteiger partial charge in [-0.2, -0.15) is 0 Å². The molecular weight excluding hydrogens is 247 g/mol. The Morgan fingerprint density at radius 3 is 2.50 bits per heavy atom. The summed E-state index contributed by atoms with van der Waals surface area (Å²) in [7, 11) is -2.03. The summed E-state index contributed by atoms with van der Waals surface area (Å²) in [5.74, 6) is 1.13. The average Bonchev–Trinajstić information content (AvgIpc) is 2.26. The zero-order valence-electron chi connectivity index (χ0n) is 11.8. The van der Waals surface area contributed by atoms with Crippen LogP contribution in [0.25, 0.3) is 0 Å². The van der Waals surface area contributed by atoms with Crippen LogP contribution in [0.4, 0.5) is 0 Å². The Balaban J connectivity index is 3.09. The van der Waals surface area contributed by atoms with Gasteiger partial charge in [0.1, 0.15) is 11.5 Å². The molecule has 102 valence electrons. The summed E-state index contributed by atoms with van der Waals surface area (Å²) in [4.78, 5) is 0. The smallest absolute Gasteiger partial charge is 0.233 e. The molecule has 1 aromatic carbocycles. The fraction of sp³-hybridized carbons (Fsp3) is 0.571. The van der Waals surface area contributed by atoms with E-state index in [-0.39, 0.29) is 11.2 Å². The van der Waals surface area contributed by atoms with E-state index in [4.69, 9.17) is 4.52 Å². The summed E-state index contributed by atoms with van der Waals surface area (Å²) in [5.41, 5.74) is 0.800. The van der Waals surface area contributed by atoms with Crippen LogP contribution in [0.15, 0.2) is 18.2 Å². The lowest BCUT2D eigenvalue weighted by atomic mass is 9.73. The molecule has 2 unspecified atom stereocenters. The van der Waals surface area contributed by atoms with E-state index in [1.54, 1.807) is 12.1 Å². The summed E-state index contributed by atoms with van der Waals surface area (Å²) in [6.45, 7) is 10.1. The zero-order chi connectivity index (χ0) is 13.9. The zero-order valence-corrected chi connectivity index (χ0v) is 12.8. The molecule has 0 aliphatic carbocycles. The minimum absolute atomic E-state index is 0.102. The molecule has 1 N–H and O–H groups in total. The second kappa shape index (κ2) is 5.79. The molecule has 4 heteroatoms. The second-order valence-corrected chi connectivity index (χ2v) is 6.49.